The zero-order valence-electron chi connectivity index (χ0n) is 19.7. The molecule has 2 aromatic heterocycles. The van der Waals surface area contributed by atoms with Crippen molar-refractivity contribution in [3.8, 4) is 0 Å². The summed E-state index contributed by atoms with van der Waals surface area (Å²) in [4.78, 5) is 49.9. The minimum Gasteiger partial charge on any atom is -0.465 e. The molecule has 0 aliphatic rings. The van der Waals surface area contributed by atoms with E-state index in [1.54, 1.807) is 0 Å². The van der Waals surface area contributed by atoms with Crippen molar-refractivity contribution in [1.82, 2.24) is 19.9 Å². The van der Waals surface area contributed by atoms with Crippen LogP contribution in [-0.2, 0) is 19.1 Å². The van der Waals surface area contributed by atoms with E-state index < -0.39 is 12.0 Å². The van der Waals surface area contributed by atoms with Crippen LogP contribution < -0.4 is 16.6 Å². The van der Waals surface area contributed by atoms with E-state index in [1.165, 1.54) is 6.33 Å². The fraction of sp³-hybridized carbons (Fsp3) is 0.682. The minimum atomic E-state index is -0.669. The molecule has 33 heavy (non-hydrogen) atoms. The molecule has 0 amide bonds. The van der Waals surface area contributed by atoms with Gasteiger partial charge in [-0.1, -0.05) is 40.0 Å². The van der Waals surface area contributed by atoms with Gasteiger partial charge in [0.05, 0.1) is 19.5 Å². The largest absolute Gasteiger partial charge is 0.465 e. The van der Waals surface area contributed by atoms with Gasteiger partial charge in [-0.15, -0.1) is 0 Å². The predicted molar refractivity (Wildman–Crippen MR) is 125 cm³/mol. The second-order valence-corrected chi connectivity index (χ2v) is 8.27. The summed E-state index contributed by atoms with van der Waals surface area (Å²) < 4.78 is 10.8. The molecule has 1 unspecified atom stereocenters. The van der Waals surface area contributed by atoms with Crippen LogP contribution in [0.5, 0.6) is 0 Å². The number of carbonyl (C=O) groups is 2. The Labute approximate surface area is 193 Å². The second-order valence-electron chi connectivity index (χ2n) is 8.27. The van der Waals surface area contributed by atoms with Gasteiger partial charge in [-0.25, -0.2) is 4.98 Å². The number of hydrogen-bond donors (Lipinski definition) is 4. The fourth-order valence-electron chi connectivity index (χ4n) is 3.12. The normalized spacial score (nSPS) is 13.9. The Morgan fingerprint density at radius 2 is 2.03 bits per heavy atom. The van der Waals surface area contributed by atoms with Crippen LogP contribution in [-0.4, -0.2) is 57.7 Å². The van der Waals surface area contributed by atoms with Crippen molar-refractivity contribution in [2.24, 2.45) is 17.6 Å². The Morgan fingerprint density at radius 1 is 1.24 bits per heavy atom. The van der Waals surface area contributed by atoms with Gasteiger partial charge in [0, 0.05) is 18.9 Å². The molecule has 184 valence electrons. The van der Waals surface area contributed by atoms with Gasteiger partial charge in [0.1, 0.15) is 6.04 Å². The van der Waals surface area contributed by atoms with Gasteiger partial charge >= 0.3 is 11.9 Å². The fourth-order valence-corrected chi connectivity index (χ4v) is 3.12. The monoisotopic (exact) mass is 464 g/mol. The smallest absolute Gasteiger partial charge is 0.323 e. The first-order valence-corrected chi connectivity index (χ1v) is 11.6. The number of esters is 2. The van der Waals surface area contributed by atoms with Crippen LogP contribution in [0.4, 0.5) is 5.95 Å². The first kappa shape index (κ1) is 26.3. The molecule has 0 saturated heterocycles. The highest BCUT2D eigenvalue weighted by atomic mass is 16.5. The molecular weight excluding hydrogens is 428 g/mol. The number of fused-ring (bicyclic) bond motifs is 1. The van der Waals surface area contributed by atoms with Gasteiger partial charge in [0.25, 0.3) is 5.56 Å². The van der Waals surface area contributed by atoms with Gasteiger partial charge < -0.3 is 25.5 Å². The van der Waals surface area contributed by atoms with Crippen LogP contribution in [0.2, 0.25) is 0 Å². The summed E-state index contributed by atoms with van der Waals surface area (Å²) in [5.41, 5.74) is 6.18. The summed E-state index contributed by atoms with van der Waals surface area (Å²) in [5, 5.41) is 3.05. The third-order valence-electron chi connectivity index (χ3n) is 5.62. The molecule has 0 bridgehead atoms. The Hall–Kier alpha value is -2.95. The number of imidazole rings is 1. The van der Waals surface area contributed by atoms with Crippen molar-refractivity contribution in [1.29, 1.82) is 0 Å². The molecule has 11 nitrogen and oxygen atoms in total. The van der Waals surface area contributed by atoms with Crippen LogP contribution in [0.3, 0.4) is 0 Å². The summed E-state index contributed by atoms with van der Waals surface area (Å²) in [6, 6.07) is -0.669. The molecule has 0 aliphatic heterocycles. The Balaban J connectivity index is 1.93. The maximum absolute atomic E-state index is 12.1. The van der Waals surface area contributed by atoms with E-state index in [0.29, 0.717) is 30.6 Å². The standard InChI is InChI=1S/C22H36N6O5/c1-4-6-7-8-16(29)33-12-15(9-10-32-21(31)17(23)14(3)5-2)11-24-22-27-19-18(20(30)28-22)25-13-26-19/h13-15,17H,4-12,23H2,1-3H3,(H3,24,25,26,27,28,30)/t14-,15?,17-/m0/s1. The molecule has 2 aromatic rings. The molecule has 0 saturated carbocycles. The number of hydrogen-bond acceptors (Lipinski definition) is 9. The molecule has 5 N–H and O–H groups in total. The Bertz CT molecular complexity index is 943. The van der Waals surface area contributed by atoms with E-state index in [0.717, 1.165) is 25.7 Å². The molecule has 0 aromatic carbocycles. The maximum atomic E-state index is 12.1. The number of ether oxygens (including phenoxy) is 2. The molecule has 0 aliphatic carbocycles. The van der Waals surface area contributed by atoms with Crippen molar-refractivity contribution in [2.45, 2.75) is 65.3 Å². The number of rotatable bonds is 15. The number of nitrogens with zero attached hydrogens (tertiary/aromatic N) is 2. The summed E-state index contributed by atoms with van der Waals surface area (Å²) in [6.45, 7) is 6.58. The van der Waals surface area contributed by atoms with Crippen LogP contribution in [0.1, 0.15) is 59.3 Å². The van der Waals surface area contributed by atoms with Crippen molar-refractivity contribution in [2.75, 3.05) is 25.1 Å². The van der Waals surface area contributed by atoms with E-state index >= 15 is 0 Å². The van der Waals surface area contributed by atoms with Crippen LogP contribution in [0.25, 0.3) is 11.2 Å². The topological polar surface area (TPSA) is 165 Å². The summed E-state index contributed by atoms with van der Waals surface area (Å²) in [6.07, 6.45) is 5.79. The van der Waals surface area contributed by atoms with E-state index in [1.807, 2.05) is 13.8 Å². The molecule has 3 atom stereocenters. The number of H-pyrrole nitrogens is 2. The molecule has 0 radical (unpaired) electrons. The lowest BCUT2D eigenvalue weighted by atomic mass is 10.0. The number of nitrogens with two attached hydrogens (primary N) is 1. The minimum absolute atomic E-state index is 0.0268. The molecule has 2 heterocycles. The second kappa shape index (κ2) is 13.6. The summed E-state index contributed by atoms with van der Waals surface area (Å²) >= 11 is 0. The third kappa shape index (κ3) is 8.49. The van der Waals surface area contributed by atoms with E-state index in [9.17, 15) is 14.4 Å². The number of carbonyl (C=O) groups excluding carboxylic acids is 2. The zero-order chi connectivity index (χ0) is 24.2. The average molecular weight is 465 g/mol. The van der Waals surface area contributed by atoms with E-state index in [2.05, 4.69) is 32.2 Å². The number of anilines is 1. The Morgan fingerprint density at radius 3 is 2.76 bits per heavy atom. The molecule has 11 heteroatoms. The van der Waals surface area contributed by atoms with E-state index in [4.69, 9.17) is 15.2 Å². The number of unbranched alkanes of at least 4 members (excludes halogenated alkanes) is 2. The quantitative estimate of drug-likeness (QED) is 0.228. The van der Waals surface area contributed by atoms with Crippen LogP contribution in [0, 0.1) is 11.8 Å². The Kier molecular flexibility index (Phi) is 10.8. The lowest BCUT2D eigenvalue weighted by Gasteiger charge is -2.20. The van der Waals surface area contributed by atoms with Gasteiger partial charge in [-0.3, -0.25) is 19.4 Å². The van der Waals surface area contributed by atoms with Crippen molar-refractivity contribution < 1.29 is 19.1 Å². The highest BCUT2D eigenvalue weighted by Crippen LogP contribution is 2.11. The number of aromatic amines is 2. The summed E-state index contributed by atoms with van der Waals surface area (Å²) in [7, 11) is 0. The number of nitrogens with one attached hydrogen (secondary N) is 3. The van der Waals surface area contributed by atoms with Gasteiger partial charge in [-0.2, -0.15) is 4.98 Å². The lowest BCUT2D eigenvalue weighted by molar-refractivity contribution is -0.149. The zero-order valence-corrected chi connectivity index (χ0v) is 19.7. The number of aromatic nitrogens is 4. The first-order chi connectivity index (χ1) is 15.8. The maximum Gasteiger partial charge on any atom is 0.323 e. The third-order valence-corrected chi connectivity index (χ3v) is 5.62. The molecule has 0 spiro atoms. The highest BCUT2D eigenvalue weighted by Gasteiger charge is 2.21. The first-order valence-electron chi connectivity index (χ1n) is 11.6. The van der Waals surface area contributed by atoms with Crippen molar-refractivity contribution in [3.05, 3.63) is 16.7 Å². The van der Waals surface area contributed by atoms with Crippen LogP contribution in [0.15, 0.2) is 11.1 Å². The van der Waals surface area contributed by atoms with Gasteiger partial charge in [0.2, 0.25) is 5.95 Å². The highest BCUT2D eigenvalue weighted by molar-refractivity contribution is 5.75. The lowest BCUT2D eigenvalue weighted by Crippen LogP contribution is -2.38. The molecule has 0 fully saturated rings. The SMILES string of the molecule is CCCCCC(=O)OCC(CCOC(=O)[C@@H](N)[C@@H](C)CC)CNc1nc2nc[nH]c2c(=O)[nH]1. The van der Waals surface area contributed by atoms with Crippen molar-refractivity contribution >= 4 is 29.1 Å². The molecule has 2 rings (SSSR count). The van der Waals surface area contributed by atoms with Crippen LogP contribution >= 0.6 is 0 Å². The predicted octanol–water partition coefficient (Wildman–Crippen LogP) is 2.10. The van der Waals surface area contributed by atoms with Crippen molar-refractivity contribution in [3.63, 3.8) is 0 Å². The van der Waals surface area contributed by atoms with E-state index in [-0.39, 0.29) is 42.5 Å². The molecular formula is C22H36N6O5. The van der Waals surface area contributed by atoms with Gasteiger partial charge in [-0.05, 0) is 18.8 Å². The summed E-state index contributed by atoms with van der Waals surface area (Å²) in [5.74, 6) is -0.585. The van der Waals surface area contributed by atoms with Gasteiger partial charge in [0.15, 0.2) is 11.2 Å². The average Bonchev–Trinajstić information content (AvgIpc) is 3.28.